The Morgan fingerprint density at radius 3 is 2.59 bits per heavy atom. The monoisotopic (exact) mass is 516 g/mol. The fourth-order valence-electron chi connectivity index (χ4n) is 3.86. The molecule has 4 rings (SSSR count). The van der Waals surface area contributed by atoms with Gasteiger partial charge in [0.2, 0.25) is 5.28 Å². The molecule has 1 atom stereocenters. The first-order valence-electron chi connectivity index (χ1n) is 11.3. The number of benzene rings is 1. The number of nitrogens with zero attached hydrogens (tertiary/aromatic N) is 4. The number of hydrogen-bond acceptors (Lipinski definition) is 4. The molecule has 0 fully saturated rings. The van der Waals surface area contributed by atoms with E-state index in [0.29, 0.717) is 18.2 Å². The molecule has 1 amide bonds. The second kappa shape index (κ2) is 9.11. The zero-order valence-corrected chi connectivity index (χ0v) is 22.9. The van der Waals surface area contributed by atoms with Gasteiger partial charge in [-0.05, 0) is 66.0 Å². The molecule has 9 heteroatoms. The number of fused-ring (bicyclic) bond motifs is 1. The Kier molecular flexibility index (Phi) is 6.68. The van der Waals surface area contributed by atoms with Crippen molar-refractivity contribution in [2.75, 3.05) is 6.61 Å². The summed E-state index contributed by atoms with van der Waals surface area (Å²) in [6, 6.07) is 9.32. The first-order chi connectivity index (χ1) is 15.9. The SMILES string of the molecule is Cc1cnc(Cl)nc1-c1cc2n(c1)C(=O)N(C(CO[Si](C)(C)C(C)(C)C)c1cccc(Cl)c1)C2. The molecule has 0 radical (unpaired) electrons. The molecule has 3 aromatic rings. The molecule has 2 aromatic heterocycles. The van der Waals surface area contributed by atoms with Crippen molar-refractivity contribution in [2.24, 2.45) is 0 Å². The molecule has 1 unspecified atom stereocenters. The first kappa shape index (κ1) is 24.9. The van der Waals surface area contributed by atoms with Crippen molar-refractivity contribution < 1.29 is 9.22 Å². The van der Waals surface area contributed by atoms with Crippen LogP contribution in [-0.4, -0.2) is 40.4 Å². The van der Waals surface area contributed by atoms with Crippen LogP contribution in [0.5, 0.6) is 0 Å². The van der Waals surface area contributed by atoms with Crippen molar-refractivity contribution in [1.29, 1.82) is 0 Å². The second-order valence-corrected chi connectivity index (χ2v) is 15.9. The van der Waals surface area contributed by atoms with Crippen LogP contribution in [0, 0.1) is 6.92 Å². The summed E-state index contributed by atoms with van der Waals surface area (Å²) in [4.78, 5) is 23.8. The zero-order chi connectivity index (χ0) is 24.8. The van der Waals surface area contributed by atoms with Crippen LogP contribution in [0.1, 0.15) is 43.6 Å². The third-order valence-electron chi connectivity index (χ3n) is 6.92. The van der Waals surface area contributed by atoms with Gasteiger partial charge in [-0.2, -0.15) is 0 Å². The van der Waals surface area contributed by atoms with E-state index < -0.39 is 8.32 Å². The zero-order valence-electron chi connectivity index (χ0n) is 20.4. The average molecular weight is 518 g/mol. The van der Waals surface area contributed by atoms with Gasteiger partial charge in [-0.1, -0.05) is 44.5 Å². The number of amides is 1. The van der Waals surface area contributed by atoms with Gasteiger partial charge in [0.15, 0.2) is 8.32 Å². The summed E-state index contributed by atoms with van der Waals surface area (Å²) in [5.74, 6) is 0. The highest BCUT2D eigenvalue weighted by Crippen LogP contribution is 2.39. The molecular weight excluding hydrogens is 487 g/mol. The molecule has 6 nitrogen and oxygen atoms in total. The van der Waals surface area contributed by atoms with E-state index in [0.717, 1.165) is 28.1 Å². The molecule has 0 aliphatic carbocycles. The van der Waals surface area contributed by atoms with E-state index in [1.807, 2.05) is 48.4 Å². The molecule has 1 aromatic carbocycles. The van der Waals surface area contributed by atoms with Crippen molar-refractivity contribution in [2.45, 2.75) is 58.4 Å². The fraction of sp³-hybridized carbons (Fsp3) is 0.400. The molecule has 1 aliphatic heterocycles. The fourth-order valence-corrected chi connectivity index (χ4v) is 5.20. The van der Waals surface area contributed by atoms with Crippen LogP contribution in [0.3, 0.4) is 0 Å². The Bertz CT molecular complexity index is 1240. The number of rotatable bonds is 6. The van der Waals surface area contributed by atoms with E-state index in [1.165, 1.54) is 0 Å². The summed E-state index contributed by atoms with van der Waals surface area (Å²) in [6.07, 6.45) is 3.52. The smallest absolute Gasteiger partial charge is 0.329 e. The number of aromatic nitrogens is 3. The van der Waals surface area contributed by atoms with Crippen LogP contribution in [0.4, 0.5) is 4.79 Å². The van der Waals surface area contributed by atoms with E-state index >= 15 is 0 Å². The third-order valence-corrected chi connectivity index (χ3v) is 11.8. The minimum atomic E-state index is -2.02. The van der Waals surface area contributed by atoms with Crippen molar-refractivity contribution in [3.05, 3.63) is 69.9 Å². The molecule has 180 valence electrons. The maximum absolute atomic E-state index is 13.6. The Labute approximate surface area is 212 Å². The number of aryl methyl sites for hydroxylation is 1. The van der Waals surface area contributed by atoms with Gasteiger partial charge < -0.3 is 9.33 Å². The topological polar surface area (TPSA) is 60.2 Å². The summed E-state index contributed by atoms with van der Waals surface area (Å²) < 4.78 is 8.26. The van der Waals surface area contributed by atoms with Crippen LogP contribution in [0.15, 0.2) is 42.7 Å². The third kappa shape index (κ3) is 4.80. The van der Waals surface area contributed by atoms with Crippen molar-refractivity contribution in [3.8, 4) is 11.3 Å². The van der Waals surface area contributed by atoms with Crippen LogP contribution in [0.25, 0.3) is 11.3 Å². The highest BCUT2D eigenvalue weighted by atomic mass is 35.5. The molecule has 0 spiro atoms. The molecular formula is C25H30Cl2N4O2Si. The molecule has 0 N–H and O–H groups in total. The Morgan fingerprint density at radius 1 is 1.21 bits per heavy atom. The van der Waals surface area contributed by atoms with Gasteiger partial charge >= 0.3 is 6.03 Å². The molecule has 0 saturated heterocycles. The molecule has 0 saturated carbocycles. The van der Waals surface area contributed by atoms with Crippen molar-refractivity contribution in [1.82, 2.24) is 19.4 Å². The van der Waals surface area contributed by atoms with E-state index in [2.05, 4.69) is 43.8 Å². The number of halogens is 2. The summed E-state index contributed by atoms with van der Waals surface area (Å²) in [6.45, 7) is 13.9. The quantitative estimate of drug-likeness (QED) is 0.258. The standard InChI is InChI=1S/C25H30Cl2N4O2Si/c1-16-12-28-23(27)29-22(16)18-11-20-14-31(24(32)30(20)13-18)21(17-8-7-9-19(26)10-17)15-33-34(5,6)25(2,3)4/h7-13,21H,14-15H2,1-6H3. The van der Waals surface area contributed by atoms with Gasteiger partial charge in [0.25, 0.3) is 0 Å². The summed E-state index contributed by atoms with van der Waals surface area (Å²) in [5, 5.41) is 0.890. The number of carbonyl (C=O) groups excluding carboxylic acids is 1. The largest absolute Gasteiger partial charge is 0.414 e. The van der Waals surface area contributed by atoms with Crippen LogP contribution < -0.4 is 0 Å². The highest BCUT2D eigenvalue weighted by Gasteiger charge is 2.40. The highest BCUT2D eigenvalue weighted by molar-refractivity contribution is 6.74. The lowest BCUT2D eigenvalue weighted by Crippen LogP contribution is -2.44. The summed E-state index contributed by atoms with van der Waals surface area (Å²) in [5.41, 5.74) is 4.34. The lowest BCUT2D eigenvalue weighted by Gasteiger charge is -2.38. The van der Waals surface area contributed by atoms with Crippen molar-refractivity contribution >= 4 is 37.6 Å². The maximum atomic E-state index is 13.6. The van der Waals surface area contributed by atoms with Crippen molar-refractivity contribution in [3.63, 3.8) is 0 Å². The summed E-state index contributed by atoms with van der Waals surface area (Å²) >= 11 is 12.3. The minimum Gasteiger partial charge on any atom is -0.414 e. The van der Waals surface area contributed by atoms with Gasteiger partial charge in [0.1, 0.15) is 0 Å². The lowest BCUT2D eigenvalue weighted by molar-refractivity contribution is 0.144. The van der Waals surface area contributed by atoms with Gasteiger partial charge in [0.05, 0.1) is 24.9 Å². The maximum Gasteiger partial charge on any atom is 0.329 e. The van der Waals surface area contributed by atoms with Gasteiger partial charge in [0, 0.05) is 28.7 Å². The Morgan fingerprint density at radius 2 is 1.94 bits per heavy atom. The predicted molar refractivity (Wildman–Crippen MR) is 139 cm³/mol. The second-order valence-electron chi connectivity index (χ2n) is 10.3. The van der Waals surface area contributed by atoms with E-state index in [-0.39, 0.29) is 22.4 Å². The van der Waals surface area contributed by atoms with E-state index in [1.54, 1.807) is 10.8 Å². The molecule has 1 aliphatic rings. The van der Waals surface area contributed by atoms with Crippen LogP contribution in [-0.2, 0) is 11.0 Å². The minimum absolute atomic E-state index is 0.0672. The number of carbonyl (C=O) groups is 1. The lowest BCUT2D eigenvalue weighted by atomic mass is 10.1. The Balaban J connectivity index is 1.64. The van der Waals surface area contributed by atoms with Gasteiger partial charge in [-0.3, -0.25) is 4.57 Å². The molecule has 3 heterocycles. The van der Waals surface area contributed by atoms with Crippen LogP contribution >= 0.6 is 23.2 Å². The predicted octanol–water partition coefficient (Wildman–Crippen LogP) is 7.11. The first-order valence-corrected chi connectivity index (χ1v) is 14.9. The normalized spacial score (nSPS) is 15.1. The summed E-state index contributed by atoms with van der Waals surface area (Å²) in [7, 11) is -2.02. The van der Waals surface area contributed by atoms with Crippen LogP contribution in [0.2, 0.25) is 28.4 Å². The van der Waals surface area contributed by atoms with E-state index in [9.17, 15) is 4.79 Å². The van der Waals surface area contributed by atoms with Gasteiger partial charge in [-0.15, -0.1) is 0 Å². The number of hydrogen-bond donors (Lipinski definition) is 0. The molecule has 0 bridgehead atoms. The molecule has 34 heavy (non-hydrogen) atoms. The van der Waals surface area contributed by atoms with E-state index in [4.69, 9.17) is 27.6 Å². The average Bonchev–Trinajstić information content (AvgIpc) is 3.29. The van der Waals surface area contributed by atoms with Gasteiger partial charge in [-0.25, -0.2) is 14.8 Å². The Hall–Kier alpha value is -2.19.